The van der Waals surface area contributed by atoms with Gasteiger partial charge >= 0.3 is 6.18 Å². The number of hydrogen-bond acceptors (Lipinski definition) is 7. The standard InChI is InChI=1S/C21H20F3N5O3S/c1-29-16-5-2-12(18(31)25-6-8-32-9-7-30)10-15(16)26-19(29)28-20-27-14-4-3-13(21(22,23)24)11-17(14)33-20/h2-5,10-11,30H,6-9H2,1H3,(H,25,31)(H,26,27,28). The number of hydrogen-bond donors (Lipinski definition) is 3. The number of fused-ring (bicyclic) bond motifs is 2. The van der Waals surface area contributed by atoms with Gasteiger partial charge in [0, 0.05) is 19.2 Å². The number of aliphatic hydroxyl groups excluding tert-OH is 1. The number of rotatable bonds is 8. The predicted molar refractivity (Wildman–Crippen MR) is 119 cm³/mol. The molecule has 0 aliphatic carbocycles. The third-order valence-electron chi connectivity index (χ3n) is 4.85. The monoisotopic (exact) mass is 479 g/mol. The molecule has 2 aromatic heterocycles. The molecule has 8 nitrogen and oxygen atoms in total. The van der Waals surface area contributed by atoms with E-state index in [9.17, 15) is 18.0 Å². The maximum atomic E-state index is 13.0. The molecule has 4 aromatic rings. The van der Waals surface area contributed by atoms with Crippen molar-refractivity contribution in [3.8, 4) is 0 Å². The predicted octanol–water partition coefficient (Wildman–Crippen LogP) is 3.68. The summed E-state index contributed by atoms with van der Waals surface area (Å²) in [5.41, 5.74) is 1.49. The number of carbonyl (C=O) groups is 1. The van der Waals surface area contributed by atoms with Crippen molar-refractivity contribution in [2.45, 2.75) is 6.18 Å². The molecule has 0 saturated carbocycles. The number of nitrogens with zero attached hydrogens (tertiary/aromatic N) is 3. The van der Waals surface area contributed by atoms with Crippen molar-refractivity contribution in [3.63, 3.8) is 0 Å². The van der Waals surface area contributed by atoms with E-state index in [4.69, 9.17) is 9.84 Å². The third-order valence-corrected chi connectivity index (χ3v) is 5.78. The molecule has 0 saturated heterocycles. The average molecular weight is 479 g/mol. The normalized spacial score (nSPS) is 11.9. The van der Waals surface area contributed by atoms with E-state index in [1.54, 1.807) is 29.8 Å². The van der Waals surface area contributed by atoms with Crippen LogP contribution in [0.15, 0.2) is 36.4 Å². The fourth-order valence-electron chi connectivity index (χ4n) is 3.21. The Morgan fingerprint density at radius 1 is 1.15 bits per heavy atom. The van der Waals surface area contributed by atoms with E-state index in [-0.39, 0.29) is 19.1 Å². The number of aromatic nitrogens is 3. The summed E-state index contributed by atoms with van der Waals surface area (Å²) in [5.74, 6) is 0.159. The van der Waals surface area contributed by atoms with Crippen molar-refractivity contribution < 1.29 is 27.8 Å². The largest absolute Gasteiger partial charge is 0.416 e. The lowest BCUT2D eigenvalue weighted by atomic mass is 10.2. The second kappa shape index (κ2) is 9.33. The van der Waals surface area contributed by atoms with E-state index < -0.39 is 11.7 Å². The zero-order valence-electron chi connectivity index (χ0n) is 17.4. The second-order valence-corrected chi connectivity index (χ2v) is 8.14. The Hall–Kier alpha value is -3.22. The Morgan fingerprint density at radius 3 is 2.73 bits per heavy atom. The van der Waals surface area contributed by atoms with Gasteiger partial charge in [-0.2, -0.15) is 13.2 Å². The number of aryl methyl sites for hydroxylation is 1. The van der Waals surface area contributed by atoms with E-state index in [1.165, 1.54) is 6.07 Å². The smallest absolute Gasteiger partial charge is 0.394 e. The summed E-state index contributed by atoms with van der Waals surface area (Å²) in [6, 6.07) is 8.51. The van der Waals surface area contributed by atoms with Gasteiger partial charge in [0.25, 0.3) is 5.91 Å². The SMILES string of the molecule is Cn1c(Nc2nc3ccc(C(F)(F)F)cc3s2)nc2cc(C(=O)NCCOCCO)ccc21. The van der Waals surface area contributed by atoms with Crippen molar-refractivity contribution in [1.82, 2.24) is 19.9 Å². The van der Waals surface area contributed by atoms with Gasteiger partial charge < -0.3 is 25.0 Å². The molecule has 0 aliphatic rings. The van der Waals surface area contributed by atoms with E-state index in [0.29, 0.717) is 45.5 Å². The van der Waals surface area contributed by atoms with Crippen LogP contribution in [0.4, 0.5) is 24.3 Å². The van der Waals surface area contributed by atoms with Crippen molar-refractivity contribution in [3.05, 3.63) is 47.5 Å². The lowest BCUT2D eigenvalue weighted by Crippen LogP contribution is -2.27. The zero-order chi connectivity index (χ0) is 23.6. The highest BCUT2D eigenvalue weighted by Crippen LogP contribution is 2.35. The molecule has 2 aromatic carbocycles. The van der Waals surface area contributed by atoms with Gasteiger partial charge in [-0.1, -0.05) is 11.3 Å². The van der Waals surface area contributed by atoms with E-state index in [2.05, 4.69) is 20.6 Å². The topological polar surface area (TPSA) is 101 Å². The van der Waals surface area contributed by atoms with Gasteiger partial charge in [-0.3, -0.25) is 4.79 Å². The van der Waals surface area contributed by atoms with Crippen LogP contribution >= 0.6 is 11.3 Å². The first-order valence-corrected chi connectivity index (χ1v) is 10.8. The summed E-state index contributed by atoms with van der Waals surface area (Å²) in [4.78, 5) is 21.2. The fourth-order valence-corrected chi connectivity index (χ4v) is 4.11. The Balaban J connectivity index is 1.51. The molecule has 0 radical (unpaired) electrons. The third kappa shape index (κ3) is 5.07. The maximum Gasteiger partial charge on any atom is 0.416 e. The first-order valence-electron chi connectivity index (χ1n) is 9.94. The highest BCUT2D eigenvalue weighted by Gasteiger charge is 2.30. The number of thiazole rings is 1. The molecule has 174 valence electrons. The number of alkyl halides is 3. The van der Waals surface area contributed by atoms with Crippen LogP contribution in [0.25, 0.3) is 21.3 Å². The second-order valence-electron chi connectivity index (χ2n) is 7.11. The molecule has 4 rings (SSSR count). The Kier molecular flexibility index (Phi) is 6.49. The fraction of sp³-hybridized carbons (Fsp3) is 0.286. The number of carbonyl (C=O) groups excluding carboxylic acids is 1. The Morgan fingerprint density at radius 2 is 1.97 bits per heavy atom. The number of aliphatic hydroxyl groups is 1. The molecule has 0 spiro atoms. The van der Waals surface area contributed by atoms with E-state index in [0.717, 1.165) is 29.0 Å². The number of ether oxygens (including phenoxy) is 1. The molecule has 0 unspecified atom stereocenters. The molecule has 12 heteroatoms. The van der Waals surface area contributed by atoms with Crippen molar-refractivity contribution in [1.29, 1.82) is 0 Å². The summed E-state index contributed by atoms with van der Waals surface area (Å²) >= 11 is 1.10. The van der Waals surface area contributed by atoms with Crippen molar-refractivity contribution in [2.24, 2.45) is 7.05 Å². The van der Waals surface area contributed by atoms with Gasteiger partial charge in [0.1, 0.15) is 0 Å². The van der Waals surface area contributed by atoms with E-state index in [1.807, 2.05) is 0 Å². The lowest BCUT2D eigenvalue weighted by Gasteiger charge is -2.06. The minimum absolute atomic E-state index is 0.0771. The molecule has 0 bridgehead atoms. The van der Waals surface area contributed by atoms with Crippen LogP contribution in [-0.2, 0) is 18.0 Å². The highest BCUT2D eigenvalue weighted by atomic mass is 32.1. The van der Waals surface area contributed by atoms with Crippen LogP contribution < -0.4 is 10.6 Å². The lowest BCUT2D eigenvalue weighted by molar-refractivity contribution is -0.137. The minimum Gasteiger partial charge on any atom is -0.394 e. The van der Waals surface area contributed by atoms with Crippen LogP contribution in [0.1, 0.15) is 15.9 Å². The first kappa shape index (κ1) is 23.0. The highest BCUT2D eigenvalue weighted by molar-refractivity contribution is 7.22. The maximum absolute atomic E-state index is 13.0. The molecule has 2 heterocycles. The number of benzene rings is 2. The summed E-state index contributed by atoms with van der Waals surface area (Å²) in [6.45, 7) is 0.731. The number of nitrogens with one attached hydrogen (secondary N) is 2. The summed E-state index contributed by atoms with van der Waals surface area (Å²) in [5, 5.41) is 14.9. The summed E-state index contributed by atoms with van der Waals surface area (Å²) in [7, 11) is 1.78. The summed E-state index contributed by atoms with van der Waals surface area (Å²) < 4.78 is 46.2. The number of anilines is 2. The number of halogens is 3. The van der Waals surface area contributed by atoms with Crippen LogP contribution in [0.5, 0.6) is 0 Å². The van der Waals surface area contributed by atoms with Gasteiger partial charge in [0.15, 0.2) is 5.13 Å². The van der Waals surface area contributed by atoms with Gasteiger partial charge in [-0.25, -0.2) is 9.97 Å². The molecule has 0 fully saturated rings. The van der Waals surface area contributed by atoms with Gasteiger partial charge in [-0.05, 0) is 36.4 Å². The van der Waals surface area contributed by atoms with Crippen LogP contribution in [0.2, 0.25) is 0 Å². The summed E-state index contributed by atoms with van der Waals surface area (Å²) in [6.07, 6.45) is -4.42. The Bertz CT molecular complexity index is 1300. The van der Waals surface area contributed by atoms with Gasteiger partial charge in [0.2, 0.25) is 5.95 Å². The van der Waals surface area contributed by atoms with Crippen LogP contribution in [0.3, 0.4) is 0 Å². The molecular weight excluding hydrogens is 459 g/mol. The van der Waals surface area contributed by atoms with Crippen LogP contribution in [-0.4, -0.2) is 51.9 Å². The molecule has 3 N–H and O–H groups in total. The van der Waals surface area contributed by atoms with Gasteiger partial charge in [0.05, 0.1) is 46.6 Å². The van der Waals surface area contributed by atoms with Crippen molar-refractivity contribution in [2.75, 3.05) is 31.7 Å². The van der Waals surface area contributed by atoms with Crippen LogP contribution in [0, 0.1) is 0 Å². The number of imidazole rings is 1. The number of amides is 1. The zero-order valence-corrected chi connectivity index (χ0v) is 18.3. The first-order chi connectivity index (χ1) is 15.8. The quantitative estimate of drug-likeness (QED) is 0.333. The molecule has 33 heavy (non-hydrogen) atoms. The van der Waals surface area contributed by atoms with E-state index >= 15 is 0 Å². The minimum atomic E-state index is -4.42. The van der Waals surface area contributed by atoms with Gasteiger partial charge in [-0.15, -0.1) is 0 Å². The molecule has 0 aliphatic heterocycles. The average Bonchev–Trinajstić information content (AvgIpc) is 3.32. The molecular formula is C21H20F3N5O3S. The molecule has 1 amide bonds. The van der Waals surface area contributed by atoms with Crippen molar-refractivity contribution >= 4 is 49.6 Å². The Labute approximate surface area is 190 Å². The molecule has 0 atom stereocenters.